The number of hydrogen-bond acceptors (Lipinski definition) is 3. The Hall–Kier alpha value is -2.11. The fraction of sp³-hybridized carbons (Fsp3) is 0.500. The van der Waals surface area contributed by atoms with Crippen molar-refractivity contribution in [1.82, 2.24) is 4.90 Å². The first-order valence-electron chi connectivity index (χ1n) is 7.33. The van der Waals surface area contributed by atoms with Crippen molar-refractivity contribution in [2.24, 2.45) is 11.7 Å². The molecule has 2 amide bonds. The number of carbonyl (C=O) groups is 2. The number of hydrogen-bond donors (Lipinski definition) is 1. The van der Waals surface area contributed by atoms with Gasteiger partial charge in [0.1, 0.15) is 0 Å². The maximum Gasteiger partial charge on any atom is 0.227 e. The zero-order valence-electron chi connectivity index (χ0n) is 12.8. The molecule has 0 aliphatic carbocycles. The Morgan fingerprint density at radius 2 is 2.14 bits per heavy atom. The molecule has 1 aromatic carbocycles. The molecule has 0 bridgehead atoms. The first-order chi connectivity index (χ1) is 10.4. The molecule has 0 saturated carbocycles. The van der Waals surface area contributed by atoms with E-state index in [1.54, 1.807) is 11.0 Å². The number of carbonyl (C=O) groups excluding carboxylic acids is 2. The summed E-state index contributed by atoms with van der Waals surface area (Å²) in [5.74, 6) is -1.14. The second-order valence-electron chi connectivity index (χ2n) is 5.72. The number of benzene rings is 1. The molecule has 1 aliphatic rings. The number of halogens is 1. The SMILES string of the molecule is COc1ccc(CC(=O)N2C[C@H](C(N)=O)CC[C@H]2C)cc1F. The van der Waals surface area contributed by atoms with E-state index >= 15 is 0 Å². The summed E-state index contributed by atoms with van der Waals surface area (Å²) in [6.45, 7) is 2.29. The first kappa shape index (κ1) is 16.3. The standard InChI is InChI=1S/C16H21FN2O3/c1-10-3-5-12(16(18)21)9-19(10)15(20)8-11-4-6-14(22-2)13(17)7-11/h4,6-7,10,12H,3,5,8-9H2,1-2H3,(H2,18,21)/t10-,12-/m1/s1. The summed E-state index contributed by atoms with van der Waals surface area (Å²) in [7, 11) is 1.39. The van der Waals surface area contributed by atoms with Gasteiger partial charge in [-0.05, 0) is 37.5 Å². The van der Waals surface area contributed by atoms with Crippen LogP contribution in [-0.2, 0) is 16.0 Å². The number of piperidine rings is 1. The second kappa shape index (κ2) is 6.77. The van der Waals surface area contributed by atoms with Gasteiger partial charge in [-0.2, -0.15) is 0 Å². The van der Waals surface area contributed by atoms with Gasteiger partial charge in [0.25, 0.3) is 0 Å². The summed E-state index contributed by atoms with van der Waals surface area (Å²) in [6.07, 6.45) is 1.55. The highest BCUT2D eigenvalue weighted by atomic mass is 19.1. The minimum absolute atomic E-state index is 0.0613. The second-order valence-corrected chi connectivity index (χ2v) is 5.72. The summed E-state index contributed by atoms with van der Waals surface area (Å²) < 4.78 is 18.5. The van der Waals surface area contributed by atoms with Crippen molar-refractivity contribution in [3.05, 3.63) is 29.6 Å². The minimum Gasteiger partial charge on any atom is -0.494 e. The van der Waals surface area contributed by atoms with Crippen LogP contribution < -0.4 is 10.5 Å². The molecular weight excluding hydrogens is 287 g/mol. The van der Waals surface area contributed by atoms with Gasteiger partial charge in [0, 0.05) is 12.6 Å². The van der Waals surface area contributed by atoms with Crippen LogP contribution in [0.5, 0.6) is 5.75 Å². The van der Waals surface area contributed by atoms with Crippen molar-refractivity contribution in [1.29, 1.82) is 0 Å². The molecule has 1 aliphatic heterocycles. The predicted molar refractivity (Wildman–Crippen MR) is 79.7 cm³/mol. The van der Waals surface area contributed by atoms with E-state index in [1.165, 1.54) is 19.2 Å². The number of amides is 2. The van der Waals surface area contributed by atoms with Crippen molar-refractivity contribution in [2.75, 3.05) is 13.7 Å². The number of rotatable bonds is 4. The molecule has 6 heteroatoms. The van der Waals surface area contributed by atoms with Crippen molar-refractivity contribution in [3.63, 3.8) is 0 Å². The lowest BCUT2D eigenvalue weighted by Gasteiger charge is -2.37. The highest BCUT2D eigenvalue weighted by molar-refractivity contribution is 5.81. The molecule has 2 atom stereocenters. The van der Waals surface area contributed by atoms with Gasteiger partial charge in [0.15, 0.2) is 11.6 Å². The van der Waals surface area contributed by atoms with E-state index in [2.05, 4.69) is 0 Å². The summed E-state index contributed by atoms with van der Waals surface area (Å²) in [4.78, 5) is 25.4. The van der Waals surface area contributed by atoms with E-state index in [-0.39, 0.29) is 35.9 Å². The van der Waals surface area contributed by atoms with Crippen LogP contribution in [0.15, 0.2) is 18.2 Å². The predicted octanol–water partition coefficient (Wildman–Crippen LogP) is 1.49. The van der Waals surface area contributed by atoms with E-state index in [4.69, 9.17) is 10.5 Å². The van der Waals surface area contributed by atoms with Crippen molar-refractivity contribution in [3.8, 4) is 5.75 Å². The van der Waals surface area contributed by atoms with Crippen LogP contribution in [0, 0.1) is 11.7 Å². The number of likely N-dealkylation sites (tertiary alicyclic amines) is 1. The average molecular weight is 308 g/mol. The fourth-order valence-corrected chi connectivity index (χ4v) is 2.78. The third-order valence-corrected chi connectivity index (χ3v) is 4.18. The summed E-state index contributed by atoms with van der Waals surface area (Å²) >= 11 is 0. The third-order valence-electron chi connectivity index (χ3n) is 4.18. The van der Waals surface area contributed by atoms with Crippen molar-refractivity contribution in [2.45, 2.75) is 32.2 Å². The highest BCUT2D eigenvalue weighted by Gasteiger charge is 2.31. The number of primary amides is 1. The van der Waals surface area contributed by atoms with E-state index in [0.29, 0.717) is 18.5 Å². The molecule has 0 spiro atoms. The van der Waals surface area contributed by atoms with Gasteiger partial charge in [-0.15, -0.1) is 0 Å². The van der Waals surface area contributed by atoms with E-state index in [9.17, 15) is 14.0 Å². The number of methoxy groups -OCH3 is 1. The molecule has 1 aromatic rings. The van der Waals surface area contributed by atoms with Crippen LogP contribution in [0.2, 0.25) is 0 Å². The molecular formula is C16H21FN2O3. The molecule has 1 fully saturated rings. The zero-order chi connectivity index (χ0) is 16.3. The van der Waals surface area contributed by atoms with Crippen LogP contribution in [0.25, 0.3) is 0 Å². The molecule has 1 saturated heterocycles. The lowest BCUT2D eigenvalue weighted by Crippen LogP contribution is -2.49. The molecule has 1 heterocycles. The molecule has 22 heavy (non-hydrogen) atoms. The van der Waals surface area contributed by atoms with Crippen LogP contribution >= 0.6 is 0 Å². The monoisotopic (exact) mass is 308 g/mol. The summed E-state index contributed by atoms with van der Waals surface area (Å²) in [5.41, 5.74) is 5.92. The molecule has 2 rings (SSSR count). The Labute approximate surface area is 129 Å². The largest absolute Gasteiger partial charge is 0.494 e. The maximum absolute atomic E-state index is 13.7. The smallest absolute Gasteiger partial charge is 0.227 e. The van der Waals surface area contributed by atoms with Gasteiger partial charge in [0.2, 0.25) is 11.8 Å². The van der Waals surface area contributed by atoms with Crippen molar-refractivity contribution >= 4 is 11.8 Å². The normalized spacial score (nSPS) is 21.5. The summed E-state index contributed by atoms with van der Waals surface area (Å²) in [6, 6.07) is 4.53. The van der Waals surface area contributed by atoms with Crippen LogP contribution in [0.4, 0.5) is 4.39 Å². The van der Waals surface area contributed by atoms with E-state index < -0.39 is 5.82 Å². The van der Waals surface area contributed by atoms with Gasteiger partial charge >= 0.3 is 0 Å². The van der Waals surface area contributed by atoms with Crippen LogP contribution in [-0.4, -0.2) is 36.4 Å². The van der Waals surface area contributed by atoms with Crippen LogP contribution in [0.1, 0.15) is 25.3 Å². The quantitative estimate of drug-likeness (QED) is 0.916. The topological polar surface area (TPSA) is 72.6 Å². The Morgan fingerprint density at radius 3 is 2.73 bits per heavy atom. The van der Waals surface area contributed by atoms with E-state index in [1.807, 2.05) is 6.92 Å². The Morgan fingerprint density at radius 1 is 1.41 bits per heavy atom. The molecule has 120 valence electrons. The van der Waals surface area contributed by atoms with Gasteiger partial charge in [-0.1, -0.05) is 6.07 Å². The molecule has 0 aromatic heterocycles. The van der Waals surface area contributed by atoms with Gasteiger partial charge in [0.05, 0.1) is 19.4 Å². The number of nitrogens with zero attached hydrogens (tertiary/aromatic N) is 1. The lowest BCUT2D eigenvalue weighted by atomic mass is 9.92. The Bertz CT molecular complexity index is 577. The minimum atomic E-state index is -0.491. The molecule has 0 unspecified atom stereocenters. The van der Waals surface area contributed by atoms with Crippen molar-refractivity contribution < 1.29 is 18.7 Å². The number of ether oxygens (including phenoxy) is 1. The first-order valence-corrected chi connectivity index (χ1v) is 7.33. The highest BCUT2D eigenvalue weighted by Crippen LogP contribution is 2.23. The van der Waals surface area contributed by atoms with Crippen LogP contribution in [0.3, 0.4) is 0 Å². The summed E-state index contributed by atoms with van der Waals surface area (Å²) in [5, 5.41) is 0. The van der Waals surface area contributed by atoms with Gasteiger partial charge in [-0.3, -0.25) is 9.59 Å². The molecule has 0 radical (unpaired) electrons. The fourth-order valence-electron chi connectivity index (χ4n) is 2.78. The molecule has 2 N–H and O–H groups in total. The van der Waals surface area contributed by atoms with E-state index in [0.717, 1.165) is 6.42 Å². The maximum atomic E-state index is 13.7. The Kier molecular flexibility index (Phi) is 5.00. The zero-order valence-corrected chi connectivity index (χ0v) is 12.8. The Balaban J connectivity index is 2.07. The third kappa shape index (κ3) is 3.55. The average Bonchev–Trinajstić information content (AvgIpc) is 2.47. The molecule has 5 nitrogen and oxygen atoms in total. The number of nitrogens with two attached hydrogens (primary N) is 1. The van der Waals surface area contributed by atoms with Gasteiger partial charge in [-0.25, -0.2) is 4.39 Å². The lowest BCUT2D eigenvalue weighted by molar-refractivity contribution is -0.136. The van der Waals surface area contributed by atoms with Gasteiger partial charge < -0.3 is 15.4 Å².